The second-order valence-electron chi connectivity index (χ2n) is 12.1. The molecular formula is C32H43N5O7. The number of aliphatic hydroxyl groups is 1. The highest BCUT2D eigenvalue weighted by Gasteiger charge is 2.33. The minimum atomic E-state index is -1.04. The van der Waals surface area contributed by atoms with Gasteiger partial charge >= 0.3 is 12.1 Å². The maximum absolute atomic E-state index is 13.7. The van der Waals surface area contributed by atoms with Crippen molar-refractivity contribution in [1.82, 2.24) is 25.1 Å². The first-order valence-electron chi connectivity index (χ1n) is 15.3. The Morgan fingerprint density at radius 3 is 2.32 bits per heavy atom. The van der Waals surface area contributed by atoms with Gasteiger partial charge in [-0.15, -0.1) is 0 Å². The van der Waals surface area contributed by atoms with Gasteiger partial charge < -0.3 is 29.7 Å². The van der Waals surface area contributed by atoms with E-state index in [-0.39, 0.29) is 63.1 Å². The lowest BCUT2D eigenvalue weighted by atomic mass is 10.00. The van der Waals surface area contributed by atoms with Gasteiger partial charge in [0.15, 0.2) is 5.82 Å². The van der Waals surface area contributed by atoms with Crippen molar-refractivity contribution in [3.8, 4) is 11.4 Å². The van der Waals surface area contributed by atoms with E-state index >= 15 is 0 Å². The number of benzene rings is 1. The Bertz CT molecular complexity index is 1320. The summed E-state index contributed by atoms with van der Waals surface area (Å²) in [7, 11) is 0. The smallest absolute Gasteiger partial charge is 0.409 e. The highest BCUT2D eigenvalue weighted by Crippen LogP contribution is 2.34. The number of esters is 1. The first kappa shape index (κ1) is 32.8. The first-order chi connectivity index (χ1) is 20.9. The minimum absolute atomic E-state index is 0.0163. The molecule has 0 spiro atoms. The van der Waals surface area contributed by atoms with Gasteiger partial charge in [-0.3, -0.25) is 14.4 Å². The summed E-state index contributed by atoms with van der Waals surface area (Å²) in [6.45, 7) is 8.36. The number of nitrogens with one attached hydrogen (secondary N) is 1. The van der Waals surface area contributed by atoms with Crippen LogP contribution in [0.4, 0.5) is 4.79 Å². The monoisotopic (exact) mass is 609 g/mol. The Kier molecular flexibility index (Phi) is 10.9. The van der Waals surface area contributed by atoms with Crippen LogP contribution in [0, 0.1) is 0 Å². The normalized spacial score (nSPS) is 19.3. The molecule has 2 heterocycles. The molecule has 4 rings (SSSR count). The Morgan fingerprint density at radius 2 is 1.70 bits per heavy atom. The minimum Gasteiger partial charge on any atom is -0.460 e. The van der Waals surface area contributed by atoms with Gasteiger partial charge in [0.2, 0.25) is 5.91 Å². The number of amides is 3. The third-order valence-electron chi connectivity index (χ3n) is 7.65. The summed E-state index contributed by atoms with van der Waals surface area (Å²) >= 11 is 0. The molecule has 3 unspecified atom stereocenters. The highest BCUT2D eigenvalue weighted by molar-refractivity contribution is 5.96. The fourth-order valence-electron chi connectivity index (χ4n) is 5.46. The van der Waals surface area contributed by atoms with E-state index in [9.17, 15) is 24.3 Å². The van der Waals surface area contributed by atoms with Crippen molar-refractivity contribution in [1.29, 1.82) is 0 Å². The molecule has 1 aliphatic heterocycles. The summed E-state index contributed by atoms with van der Waals surface area (Å²) in [4.78, 5) is 64.5. The Balaban J connectivity index is 1.57. The molecule has 238 valence electrons. The Labute approximate surface area is 258 Å². The van der Waals surface area contributed by atoms with Crippen LogP contribution in [0.3, 0.4) is 0 Å². The van der Waals surface area contributed by atoms with Crippen LogP contribution in [0.2, 0.25) is 0 Å². The lowest BCUT2D eigenvalue weighted by molar-refractivity contribution is -0.155. The maximum atomic E-state index is 13.7. The zero-order valence-electron chi connectivity index (χ0n) is 26.0. The van der Waals surface area contributed by atoms with E-state index in [1.165, 1.54) is 4.90 Å². The Hall–Kier alpha value is -4.06. The van der Waals surface area contributed by atoms with Gasteiger partial charge in [0.05, 0.1) is 18.4 Å². The summed E-state index contributed by atoms with van der Waals surface area (Å²) in [5, 5.41) is 13.4. The molecule has 3 atom stereocenters. The van der Waals surface area contributed by atoms with Gasteiger partial charge in [0.1, 0.15) is 17.3 Å². The van der Waals surface area contributed by atoms with E-state index in [4.69, 9.17) is 14.5 Å². The molecular weight excluding hydrogens is 566 g/mol. The second-order valence-corrected chi connectivity index (χ2v) is 12.1. The quantitative estimate of drug-likeness (QED) is 0.408. The standard InChI is InChI=1S/C32H43N5O7/c1-5-43-31(42)37-18-16-36(17-19-37)30(41)23(14-15-27(39)44-32(2,3)4)35-29(40)25-20-24(22-12-9-13-26(22)38)33-28(34-25)21-10-7-6-8-11-21/h6-8,10-11,20,22-23,26,38H,5,9,12-19H2,1-4H3,(H,35,40). The maximum Gasteiger partial charge on any atom is 0.409 e. The van der Waals surface area contributed by atoms with Crippen molar-refractivity contribution in [3.63, 3.8) is 0 Å². The number of carbonyl (C=O) groups is 4. The summed E-state index contributed by atoms with van der Waals surface area (Å²) in [6, 6.07) is 9.79. The van der Waals surface area contributed by atoms with Crippen LogP contribution in [0.5, 0.6) is 0 Å². The number of rotatable bonds is 9. The molecule has 3 amide bonds. The van der Waals surface area contributed by atoms with Gasteiger partial charge in [-0.1, -0.05) is 36.8 Å². The zero-order chi connectivity index (χ0) is 31.9. The molecule has 1 aliphatic carbocycles. The molecule has 0 bridgehead atoms. The van der Waals surface area contributed by atoms with Crippen LogP contribution in [0.15, 0.2) is 36.4 Å². The van der Waals surface area contributed by atoms with E-state index in [0.717, 1.165) is 12.8 Å². The first-order valence-corrected chi connectivity index (χ1v) is 15.3. The van der Waals surface area contributed by atoms with E-state index in [2.05, 4.69) is 10.3 Å². The van der Waals surface area contributed by atoms with Crippen molar-refractivity contribution < 1.29 is 33.8 Å². The van der Waals surface area contributed by atoms with E-state index < -0.39 is 35.7 Å². The van der Waals surface area contributed by atoms with E-state index in [0.29, 0.717) is 23.5 Å². The van der Waals surface area contributed by atoms with Crippen molar-refractivity contribution in [2.75, 3.05) is 32.8 Å². The van der Waals surface area contributed by atoms with Crippen LogP contribution < -0.4 is 5.32 Å². The van der Waals surface area contributed by atoms with Crippen molar-refractivity contribution >= 4 is 23.9 Å². The predicted octanol–water partition coefficient (Wildman–Crippen LogP) is 3.29. The van der Waals surface area contributed by atoms with Crippen LogP contribution in [-0.2, 0) is 19.1 Å². The predicted molar refractivity (Wildman–Crippen MR) is 162 cm³/mol. The zero-order valence-corrected chi connectivity index (χ0v) is 26.0. The van der Waals surface area contributed by atoms with Gasteiger partial charge in [0, 0.05) is 44.1 Å². The molecule has 12 heteroatoms. The number of ether oxygens (including phenoxy) is 2. The molecule has 2 aliphatic rings. The molecule has 0 radical (unpaired) electrons. The highest BCUT2D eigenvalue weighted by atomic mass is 16.6. The number of hydrogen-bond donors (Lipinski definition) is 2. The van der Waals surface area contributed by atoms with Crippen LogP contribution >= 0.6 is 0 Å². The van der Waals surface area contributed by atoms with Crippen molar-refractivity contribution in [2.45, 2.75) is 83.5 Å². The summed E-state index contributed by atoms with van der Waals surface area (Å²) in [5.74, 6) is -1.32. The van der Waals surface area contributed by atoms with Crippen LogP contribution in [-0.4, -0.2) is 99.3 Å². The number of carbonyl (C=O) groups excluding carboxylic acids is 4. The molecule has 1 saturated carbocycles. The van der Waals surface area contributed by atoms with Crippen LogP contribution in [0.25, 0.3) is 11.4 Å². The largest absolute Gasteiger partial charge is 0.460 e. The van der Waals surface area contributed by atoms with Crippen molar-refractivity contribution in [3.05, 3.63) is 47.8 Å². The third kappa shape index (κ3) is 8.75. The number of hydrogen-bond acceptors (Lipinski definition) is 9. The van der Waals surface area contributed by atoms with E-state index in [1.54, 1.807) is 38.7 Å². The molecule has 1 saturated heterocycles. The lowest BCUT2D eigenvalue weighted by Crippen LogP contribution is -2.56. The topological polar surface area (TPSA) is 151 Å². The molecule has 1 aromatic heterocycles. The lowest BCUT2D eigenvalue weighted by Gasteiger charge is -2.36. The summed E-state index contributed by atoms with van der Waals surface area (Å²) in [5.41, 5.74) is 0.656. The third-order valence-corrected chi connectivity index (χ3v) is 7.65. The number of nitrogens with zero attached hydrogens (tertiary/aromatic N) is 4. The molecule has 2 aromatic rings. The Morgan fingerprint density at radius 1 is 1.02 bits per heavy atom. The van der Waals surface area contributed by atoms with Gasteiger partial charge in [-0.25, -0.2) is 14.8 Å². The summed E-state index contributed by atoms with van der Waals surface area (Å²) in [6.07, 6.45) is 1.17. The number of aliphatic hydroxyl groups excluding tert-OH is 1. The van der Waals surface area contributed by atoms with Crippen LogP contribution in [0.1, 0.15) is 81.9 Å². The molecule has 1 aromatic carbocycles. The number of piperazine rings is 1. The average Bonchev–Trinajstić information content (AvgIpc) is 3.44. The molecule has 44 heavy (non-hydrogen) atoms. The number of aromatic nitrogens is 2. The molecule has 12 nitrogen and oxygen atoms in total. The van der Waals surface area contributed by atoms with Gasteiger partial charge in [0.25, 0.3) is 5.91 Å². The molecule has 2 fully saturated rings. The fourth-order valence-corrected chi connectivity index (χ4v) is 5.46. The SMILES string of the molecule is CCOC(=O)N1CCN(C(=O)C(CCC(=O)OC(C)(C)C)NC(=O)c2cc(C3CCCC3O)nc(-c3ccccc3)n2)CC1. The second kappa shape index (κ2) is 14.6. The van der Waals surface area contributed by atoms with E-state index in [1.807, 2.05) is 30.3 Å². The van der Waals surface area contributed by atoms with Gasteiger partial charge in [-0.05, 0) is 53.0 Å². The average molecular weight is 610 g/mol. The van der Waals surface area contributed by atoms with Gasteiger partial charge in [-0.2, -0.15) is 0 Å². The molecule has 2 N–H and O–H groups in total. The fraction of sp³-hybridized carbons (Fsp3) is 0.562. The summed E-state index contributed by atoms with van der Waals surface area (Å²) < 4.78 is 10.5. The van der Waals surface area contributed by atoms with Crippen molar-refractivity contribution in [2.24, 2.45) is 0 Å².